The van der Waals surface area contributed by atoms with E-state index in [0.29, 0.717) is 6.42 Å². The molecule has 0 aromatic rings. The maximum Gasteiger partial charge on any atom is 0.342 e. The van der Waals surface area contributed by atoms with Gasteiger partial charge in [0, 0.05) is 6.42 Å². The van der Waals surface area contributed by atoms with E-state index < -0.39 is 5.97 Å². The van der Waals surface area contributed by atoms with E-state index in [9.17, 15) is 4.79 Å². The van der Waals surface area contributed by atoms with Gasteiger partial charge >= 0.3 is 11.9 Å². The zero-order chi connectivity index (χ0) is 20.2. The van der Waals surface area contributed by atoms with E-state index in [4.69, 9.17) is 10.8 Å². The van der Waals surface area contributed by atoms with Crippen LogP contribution in [0.5, 0.6) is 0 Å². The van der Waals surface area contributed by atoms with Crippen LogP contribution in [0, 0.1) is 0 Å². The van der Waals surface area contributed by atoms with Crippen LogP contribution < -0.4 is 11.1 Å². The van der Waals surface area contributed by atoms with Crippen LogP contribution in [-0.4, -0.2) is 42.3 Å². The molecule has 4 N–H and O–H groups in total. The number of carboxylic acid groups (broad SMARTS) is 1. The number of carboxylic acids is 1. The Kier molecular flexibility index (Phi) is 18.6. The number of nitrogens with zero attached hydrogens (tertiary/aromatic N) is 1. The van der Waals surface area contributed by atoms with Crippen LogP contribution in [-0.2, 0) is 4.79 Å². The molecule has 0 bridgehead atoms. The summed E-state index contributed by atoms with van der Waals surface area (Å²) in [5.74, 6) is 0.0954. The first-order chi connectivity index (χ1) is 13.0. The molecule has 27 heavy (non-hydrogen) atoms. The predicted octanol–water partition coefficient (Wildman–Crippen LogP) is 4.88. The monoisotopic (exact) mass is 384 g/mol. The van der Waals surface area contributed by atoms with Crippen LogP contribution in [0.3, 0.4) is 0 Å². The second-order valence-electron chi connectivity index (χ2n) is 8.01. The molecule has 0 rings (SSSR count). The Morgan fingerprint density at radius 1 is 0.704 bits per heavy atom. The molecule has 0 aromatic heterocycles. The van der Waals surface area contributed by atoms with Gasteiger partial charge in [-0.2, -0.15) is 0 Å². The van der Waals surface area contributed by atoms with E-state index in [1.165, 1.54) is 89.9 Å². The fraction of sp³-hybridized carbons (Fsp3) is 0.909. The molecule has 0 radical (unpaired) electrons. The van der Waals surface area contributed by atoms with E-state index in [1.54, 1.807) is 0 Å². The van der Waals surface area contributed by atoms with Crippen LogP contribution in [0.1, 0.15) is 109 Å². The van der Waals surface area contributed by atoms with Gasteiger partial charge in [-0.15, -0.1) is 0 Å². The molecule has 160 valence electrons. The van der Waals surface area contributed by atoms with Crippen molar-refractivity contribution >= 4 is 11.9 Å². The summed E-state index contributed by atoms with van der Waals surface area (Å²) in [5, 5.41) is 11.8. The number of hydrogen-bond donors (Lipinski definition) is 3. The first-order valence-corrected chi connectivity index (χ1v) is 11.3. The molecule has 0 fully saturated rings. The summed E-state index contributed by atoms with van der Waals surface area (Å²) >= 11 is 0. The average molecular weight is 385 g/mol. The molecule has 0 amide bonds. The van der Waals surface area contributed by atoms with Gasteiger partial charge in [-0.25, -0.2) is 0 Å². The third-order valence-electron chi connectivity index (χ3n) is 5.11. The van der Waals surface area contributed by atoms with Crippen LogP contribution >= 0.6 is 0 Å². The van der Waals surface area contributed by atoms with Gasteiger partial charge < -0.3 is 5.11 Å². The molecule has 0 spiro atoms. The summed E-state index contributed by atoms with van der Waals surface area (Å²) in [5.41, 5.74) is 5.81. The van der Waals surface area contributed by atoms with Crippen molar-refractivity contribution in [1.29, 1.82) is 0 Å². The minimum absolute atomic E-state index is 0.335. The van der Waals surface area contributed by atoms with E-state index in [2.05, 4.69) is 5.32 Å². The number of aliphatic carboxylic acids is 1. The third-order valence-corrected chi connectivity index (χ3v) is 5.11. The minimum Gasteiger partial charge on any atom is -0.481 e. The normalized spacial score (nSPS) is 10.7. The zero-order valence-electron chi connectivity index (χ0n) is 18.1. The van der Waals surface area contributed by atoms with Gasteiger partial charge in [0.25, 0.3) is 0 Å². The highest BCUT2D eigenvalue weighted by Crippen LogP contribution is 2.13. The molecule has 0 saturated heterocycles. The number of rotatable bonds is 19. The summed E-state index contributed by atoms with van der Waals surface area (Å²) in [6.07, 6.45) is 20.9. The topological polar surface area (TPSA) is 78.4 Å². The van der Waals surface area contributed by atoms with Crippen LogP contribution in [0.15, 0.2) is 0 Å². The standard InChI is InChI=1S/C22H45N3O2/c1-25(2)22(23)24-20-18-16-14-12-10-8-6-4-3-5-7-9-11-13-15-17-19-21(26)27/h3-20H2,1-2H3,(H3,23,24,26,27)/p+1. The lowest BCUT2D eigenvalue weighted by molar-refractivity contribution is -0.467. The molecule has 0 heterocycles. The zero-order valence-corrected chi connectivity index (χ0v) is 18.1. The van der Waals surface area contributed by atoms with E-state index >= 15 is 0 Å². The summed E-state index contributed by atoms with van der Waals surface area (Å²) < 4.78 is 1.91. The fourth-order valence-corrected chi connectivity index (χ4v) is 3.25. The van der Waals surface area contributed by atoms with E-state index in [-0.39, 0.29) is 0 Å². The van der Waals surface area contributed by atoms with Gasteiger partial charge in [0.1, 0.15) is 0 Å². The van der Waals surface area contributed by atoms with E-state index in [1.807, 2.05) is 18.7 Å². The van der Waals surface area contributed by atoms with Gasteiger partial charge in [-0.05, 0) is 12.8 Å². The molecule has 0 aromatic carbocycles. The van der Waals surface area contributed by atoms with Crippen molar-refractivity contribution < 1.29 is 14.5 Å². The number of carbonyl (C=O) groups is 1. The molecule has 0 aliphatic rings. The molecule has 0 aliphatic heterocycles. The number of hydrogen-bond acceptors (Lipinski definition) is 1. The van der Waals surface area contributed by atoms with Crippen molar-refractivity contribution in [2.24, 2.45) is 5.73 Å². The molecule has 0 atom stereocenters. The first kappa shape index (κ1) is 25.7. The lowest BCUT2D eigenvalue weighted by atomic mass is 10.0. The van der Waals surface area contributed by atoms with Crippen molar-refractivity contribution in [3.05, 3.63) is 0 Å². The maximum absolute atomic E-state index is 10.4. The van der Waals surface area contributed by atoms with Gasteiger partial charge in [0.05, 0.1) is 20.6 Å². The lowest BCUT2D eigenvalue weighted by Gasteiger charge is -2.04. The Morgan fingerprint density at radius 2 is 1.04 bits per heavy atom. The Bertz CT molecular complexity index is 380. The smallest absolute Gasteiger partial charge is 0.342 e. The quantitative estimate of drug-likeness (QED) is 0.128. The van der Waals surface area contributed by atoms with Crippen molar-refractivity contribution in [2.45, 2.75) is 109 Å². The van der Waals surface area contributed by atoms with Gasteiger partial charge in [-0.3, -0.25) is 20.4 Å². The molecular formula is C22H46N3O2+. The van der Waals surface area contributed by atoms with Crippen molar-refractivity contribution in [3.8, 4) is 0 Å². The summed E-state index contributed by atoms with van der Waals surface area (Å²) in [7, 11) is 3.91. The summed E-state index contributed by atoms with van der Waals surface area (Å²) in [6, 6.07) is 0. The van der Waals surface area contributed by atoms with Crippen molar-refractivity contribution in [2.75, 3.05) is 20.6 Å². The van der Waals surface area contributed by atoms with Gasteiger partial charge in [-0.1, -0.05) is 89.9 Å². The number of guanidine groups is 1. The predicted molar refractivity (Wildman–Crippen MR) is 115 cm³/mol. The number of nitrogens with one attached hydrogen (secondary N) is 1. The van der Waals surface area contributed by atoms with E-state index in [0.717, 1.165) is 25.3 Å². The van der Waals surface area contributed by atoms with Crippen LogP contribution in [0.2, 0.25) is 0 Å². The van der Waals surface area contributed by atoms with Crippen LogP contribution in [0.25, 0.3) is 0 Å². The Balaban J connectivity index is 3.09. The van der Waals surface area contributed by atoms with Crippen LogP contribution in [0.4, 0.5) is 0 Å². The highest BCUT2D eigenvalue weighted by Gasteiger charge is 1.99. The molecule has 0 saturated carbocycles. The Morgan fingerprint density at radius 3 is 1.37 bits per heavy atom. The summed E-state index contributed by atoms with van der Waals surface area (Å²) in [4.78, 5) is 10.4. The number of unbranched alkanes of at least 4 members (excludes halogenated alkanes) is 15. The maximum atomic E-state index is 10.4. The fourth-order valence-electron chi connectivity index (χ4n) is 3.25. The Labute approximate surface area is 167 Å². The SMILES string of the molecule is C[N+](C)=C(N)NCCCCCCCCCCCCCCCCCCC(=O)O. The van der Waals surface area contributed by atoms with Gasteiger partial charge in [0.2, 0.25) is 0 Å². The molecule has 0 unspecified atom stereocenters. The third kappa shape index (κ3) is 20.9. The second-order valence-corrected chi connectivity index (χ2v) is 8.01. The first-order valence-electron chi connectivity index (χ1n) is 11.3. The van der Waals surface area contributed by atoms with Crippen molar-refractivity contribution in [1.82, 2.24) is 5.32 Å². The van der Waals surface area contributed by atoms with Crippen molar-refractivity contribution in [3.63, 3.8) is 0 Å². The average Bonchev–Trinajstić information content (AvgIpc) is 2.63. The largest absolute Gasteiger partial charge is 0.481 e. The highest BCUT2D eigenvalue weighted by atomic mass is 16.4. The molecule has 0 aliphatic carbocycles. The molecule has 5 nitrogen and oxygen atoms in total. The second kappa shape index (κ2) is 19.5. The highest BCUT2D eigenvalue weighted by molar-refractivity contribution is 5.72. The molecular weight excluding hydrogens is 338 g/mol. The van der Waals surface area contributed by atoms with Gasteiger partial charge in [0.15, 0.2) is 0 Å². The Hall–Kier alpha value is -1.26. The lowest BCUT2D eigenvalue weighted by Crippen LogP contribution is -2.38. The number of nitrogens with two attached hydrogens (primary N) is 1. The minimum atomic E-state index is -0.660. The molecule has 5 heteroatoms. The summed E-state index contributed by atoms with van der Waals surface area (Å²) in [6.45, 7) is 0.979.